The minimum absolute atomic E-state index is 0.0958. The van der Waals surface area contributed by atoms with Gasteiger partial charge in [0.15, 0.2) is 0 Å². The van der Waals surface area contributed by atoms with Crippen molar-refractivity contribution in [2.75, 3.05) is 44.8 Å². The number of rotatable bonds is 10. The van der Waals surface area contributed by atoms with Crippen molar-refractivity contribution in [1.29, 1.82) is 0 Å². The van der Waals surface area contributed by atoms with Crippen molar-refractivity contribution in [2.24, 2.45) is 10.7 Å². The molecule has 4 rings (SSSR count). The average molecular weight is 613 g/mol. The molecule has 0 aliphatic carbocycles. The number of hydrogen-bond donors (Lipinski definition) is 3. The number of ether oxygens (including phenoxy) is 1. The normalized spacial score (nSPS) is 15.7. The Hall–Kier alpha value is -4.72. The number of alkyl halides is 3. The highest BCUT2D eigenvalue weighted by molar-refractivity contribution is 6.04. The van der Waals surface area contributed by atoms with E-state index in [2.05, 4.69) is 20.3 Å². The van der Waals surface area contributed by atoms with Crippen molar-refractivity contribution in [2.45, 2.75) is 37.9 Å². The van der Waals surface area contributed by atoms with Crippen LogP contribution in [-0.2, 0) is 11.0 Å². The van der Waals surface area contributed by atoms with Crippen molar-refractivity contribution >= 4 is 29.3 Å². The number of benzene rings is 1. The minimum Gasteiger partial charge on any atom is -0.456 e. The van der Waals surface area contributed by atoms with Gasteiger partial charge >= 0.3 is 6.18 Å². The maximum atomic E-state index is 13.0. The number of hydrogen-bond acceptors (Lipinski definition) is 8. The Morgan fingerprint density at radius 1 is 1.14 bits per heavy atom. The predicted octanol–water partition coefficient (Wildman–Crippen LogP) is 4.16. The van der Waals surface area contributed by atoms with Crippen molar-refractivity contribution in [3.63, 3.8) is 0 Å². The summed E-state index contributed by atoms with van der Waals surface area (Å²) in [7, 11) is 3.95. The van der Waals surface area contributed by atoms with E-state index in [0.29, 0.717) is 30.8 Å². The maximum absolute atomic E-state index is 13.0. The molecule has 0 spiro atoms. The standard InChI is InChI=1S/C30H35F3N8O3/c1-40(2)15-4-6-25(42)41-16-3-5-21(18-41)38-28(35)26-23(12-14-37-27(26)34)44-22-9-7-19(8-10-22)29(43)39-24-17-20(11-13-36-24)30(31,32)33/h7-14,17,21H,3-6,15-16,18H2,1-2H3,(H2,34,37)(H2,35,38)(H,36,39,43)/t21-/m1/s1. The summed E-state index contributed by atoms with van der Waals surface area (Å²) in [6, 6.07) is 8.88. The van der Waals surface area contributed by atoms with Crippen LogP contribution in [0.15, 0.2) is 59.9 Å². The molecule has 44 heavy (non-hydrogen) atoms. The van der Waals surface area contributed by atoms with Crippen molar-refractivity contribution in [1.82, 2.24) is 19.8 Å². The smallest absolute Gasteiger partial charge is 0.416 e. The molecule has 14 heteroatoms. The lowest BCUT2D eigenvalue weighted by atomic mass is 10.1. The zero-order valence-electron chi connectivity index (χ0n) is 24.5. The molecular weight excluding hydrogens is 577 g/mol. The first-order valence-corrected chi connectivity index (χ1v) is 14.0. The second-order valence-electron chi connectivity index (χ2n) is 10.6. The molecule has 2 aromatic heterocycles. The van der Waals surface area contributed by atoms with Crippen LogP contribution in [0.5, 0.6) is 11.5 Å². The lowest BCUT2D eigenvalue weighted by Gasteiger charge is -2.31. The monoisotopic (exact) mass is 612 g/mol. The van der Waals surface area contributed by atoms with E-state index in [4.69, 9.17) is 16.2 Å². The molecule has 1 aliphatic rings. The molecule has 3 aromatic rings. The molecule has 0 radical (unpaired) electrons. The molecule has 0 saturated carbocycles. The van der Waals surface area contributed by atoms with Gasteiger partial charge in [-0.25, -0.2) is 9.97 Å². The largest absolute Gasteiger partial charge is 0.456 e. The number of nitrogens with two attached hydrogens (primary N) is 2. The van der Waals surface area contributed by atoms with Crippen molar-refractivity contribution < 1.29 is 27.5 Å². The number of aliphatic imine (C=N–C) groups is 1. The van der Waals surface area contributed by atoms with Gasteiger partial charge in [0, 0.05) is 43.5 Å². The fourth-order valence-electron chi connectivity index (χ4n) is 4.72. The van der Waals surface area contributed by atoms with Gasteiger partial charge in [0.05, 0.1) is 11.6 Å². The summed E-state index contributed by atoms with van der Waals surface area (Å²) in [6.45, 7) is 1.97. The number of pyridine rings is 2. The molecule has 1 aromatic carbocycles. The molecule has 1 saturated heterocycles. The number of halogens is 3. The maximum Gasteiger partial charge on any atom is 0.416 e. The number of nitrogens with zero attached hydrogens (tertiary/aromatic N) is 5. The number of amides is 2. The lowest BCUT2D eigenvalue weighted by Crippen LogP contribution is -2.42. The number of anilines is 2. The first-order valence-electron chi connectivity index (χ1n) is 14.0. The number of piperidine rings is 1. The summed E-state index contributed by atoms with van der Waals surface area (Å²) in [4.78, 5) is 41.8. The van der Waals surface area contributed by atoms with Crippen LogP contribution >= 0.6 is 0 Å². The quantitative estimate of drug-likeness (QED) is 0.228. The Balaban J connectivity index is 1.43. The third-order valence-electron chi connectivity index (χ3n) is 6.94. The number of amidine groups is 1. The SMILES string of the molecule is CN(C)CCCC(=O)N1CCC[C@@H](N=C(N)c2c(Oc3ccc(C(=O)Nc4cc(C(F)(F)F)ccn4)cc3)ccnc2N)C1. The van der Waals surface area contributed by atoms with E-state index in [9.17, 15) is 22.8 Å². The number of nitrogens with one attached hydrogen (secondary N) is 1. The van der Waals surface area contributed by atoms with Gasteiger partial charge < -0.3 is 31.3 Å². The fraction of sp³-hybridized carbons (Fsp3) is 0.367. The summed E-state index contributed by atoms with van der Waals surface area (Å²) < 4.78 is 44.9. The van der Waals surface area contributed by atoms with Crippen LogP contribution in [-0.4, -0.2) is 77.2 Å². The second-order valence-corrected chi connectivity index (χ2v) is 10.6. The van der Waals surface area contributed by atoms with E-state index < -0.39 is 17.6 Å². The van der Waals surface area contributed by atoms with Crippen LogP contribution in [0, 0.1) is 0 Å². The highest BCUT2D eigenvalue weighted by atomic mass is 19.4. The van der Waals surface area contributed by atoms with E-state index >= 15 is 0 Å². The third kappa shape index (κ3) is 8.66. The molecule has 2 amide bonds. The van der Waals surface area contributed by atoms with Crippen molar-refractivity contribution in [3.8, 4) is 11.5 Å². The van der Waals surface area contributed by atoms with Crippen LogP contribution in [0.3, 0.4) is 0 Å². The van der Waals surface area contributed by atoms with E-state index in [0.717, 1.165) is 44.1 Å². The zero-order valence-corrected chi connectivity index (χ0v) is 24.5. The van der Waals surface area contributed by atoms with Gasteiger partial charge in [-0.1, -0.05) is 0 Å². The number of nitrogen functional groups attached to an aromatic ring is 1. The van der Waals surface area contributed by atoms with E-state index in [1.54, 1.807) is 6.07 Å². The third-order valence-corrected chi connectivity index (χ3v) is 6.94. The highest BCUT2D eigenvalue weighted by Crippen LogP contribution is 2.31. The average Bonchev–Trinajstić information content (AvgIpc) is 2.97. The molecule has 5 N–H and O–H groups in total. The van der Waals surface area contributed by atoms with Gasteiger partial charge in [0.1, 0.15) is 34.5 Å². The summed E-state index contributed by atoms with van der Waals surface area (Å²) in [5.41, 5.74) is 12.1. The van der Waals surface area contributed by atoms with Crippen LogP contribution in [0.25, 0.3) is 0 Å². The molecule has 1 fully saturated rings. The van der Waals surface area contributed by atoms with Gasteiger partial charge in [0.25, 0.3) is 5.91 Å². The van der Waals surface area contributed by atoms with Gasteiger partial charge in [-0.15, -0.1) is 0 Å². The number of carbonyl (C=O) groups is 2. The van der Waals surface area contributed by atoms with Gasteiger partial charge in [0.2, 0.25) is 5.91 Å². The summed E-state index contributed by atoms with van der Waals surface area (Å²) in [5.74, 6) is 0.0845. The predicted molar refractivity (Wildman–Crippen MR) is 160 cm³/mol. The molecule has 3 heterocycles. The molecule has 11 nitrogen and oxygen atoms in total. The molecule has 0 unspecified atom stereocenters. The topological polar surface area (TPSA) is 152 Å². The zero-order chi connectivity index (χ0) is 31.9. The van der Waals surface area contributed by atoms with E-state index in [1.165, 1.54) is 30.5 Å². The van der Waals surface area contributed by atoms with Gasteiger partial charge in [-0.2, -0.15) is 13.2 Å². The summed E-state index contributed by atoms with van der Waals surface area (Å²) >= 11 is 0. The van der Waals surface area contributed by atoms with Crippen LogP contribution in [0.4, 0.5) is 24.8 Å². The summed E-state index contributed by atoms with van der Waals surface area (Å²) in [5, 5.41) is 2.36. The Labute approximate surface area is 253 Å². The summed E-state index contributed by atoms with van der Waals surface area (Å²) in [6.07, 6.45) is 0.685. The Morgan fingerprint density at radius 3 is 2.57 bits per heavy atom. The van der Waals surface area contributed by atoms with Crippen LogP contribution in [0.1, 0.15) is 47.2 Å². The molecule has 234 valence electrons. The van der Waals surface area contributed by atoms with Crippen LogP contribution < -0.4 is 21.5 Å². The van der Waals surface area contributed by atoms with E-state index in [1.807, 2.05) is 23.9 Å². The molecule has 1 atom stereocenters. The fourth-order valence-corrected chi connectivity index (χ4v) is 4.72. The molecular formula is C30H35F3N8O3. The minimum atomic E-state index is -4.56. The van der Waals surface area contributed by atoms with Crippen molar-refractivity contribution in [3.05, 3.63) is 71.5 Å². The molecule has 0 bridgehead atoms. The number of likely N-dealkylation sites (tertiary alicyclic amines) is 1. The van der Waals surface area contributed by atoms with Crippen LogP contribution in [0.2, 0.25) is 0 Å². The van der Waals surface area contributed by atoms with E-state index in [-0.39, 0.29) is 40.7 Å². The second kappa shape index (κ2) is 14.2. The Kier molecular flexibility index (Phi) is 10.4. The Morgan fingerprint density at radius 2 is 1.86 bits per heavy atom. The first kappa shape index (κ1) is 32.2. The van der Waals surface area contributed by atoms with Gasteiger partial charge in [-0.3, -0.25) is 14.6 Å². The number of aromatic nitrogens is 2. The Bertz CT molecular complexity index is 1500. The molecule has 1 aliphatic heterocycles. The first-order chi connectivity index (χ1) is 20.9. The number of carbonyl (C=O) groups excluding carboxylic acids is 2. The van der Waals surface area contributed by atoms with Gasteiger partial charge in [-0.05, 0) is 76.3 Å². The highest BCUT2D eigenvalue weighted by Gasteiger charge is 2.31. The lowest BCUT2D eigenvalue weighted by molar-refractivity contribution is -0.137.